The van der Waals surface area contributed by atoms with E-state index < -0.39 is 18.1 Å². The number of ether oxygens (including phenoxy) is 1. The molecule has 0 fully saturated rings. The number of alkyl carbamates (subject to hydrolysis) is 1. The number of carboxylic acid groups (broad SMARTS) is 1. The number of nitrogens with zero attached hydrogens (tertiary/aromatic N) is 1. The van der Waals surface area contributed by atoms with E-state index in [9.17, 15) is 14.7 Å². The molecule has 0 radical (unpaired) electrons. The molecular weight excluding hydrogens is 332 g/mol. The molecule has 0 saturated heterocycles. The van der Waals surface area contributed by atoms with Crippen LogP contribution in [0.2, 0.25) is 0 Å². The molecule has 1 aromatic heterocycles. The van der Waals surface area contributed by atoms with Crippen molar-refractivity contribution >= 4 is 23.0 Å². The molecule has 0 saturated carbocycles. The lowest BCUT2D eigenvalue weighted by atomic mass is 10.0. The fraction of sp³-hybridized carbons (Fsp3) is 0.150. The average Bonchev–Trinajstić information content (AvgIpc) is 2.66. The number of rotatable bonds is 6. The normalized spacial score (nSPS) is 11.7. The monoisotopic (exact) mass is 350 g/mol. The summed E-state index contributed by atoms with van der Waals surface area (Å²) in [7, 11) is 0. The van der Waals surface area contributed by atoms with Crippen LogP contribution in [0.1, 0.15) is 23.6 Å². The van der Waals surface area contributed by atoms with E-state index in [2.05, 4.69) is 10.3 Å². The van der Waals surface area contributed by atoms with Crippen LogP contribution >= 0.6 is 0 Å². The van der Waals surface area contributed by atoms with Crippen molar-refractivity contribution < 1.29 is 19.4 Å². The molecule has 0 aliphatic rings. The minimum Gasteiger partial charge on any atom is -0.481 e. The molecule has 0 unspecified atom stereocenters. The summed E-state index contributed by atoms with van der Waals surface area (Å²) in [5.74, 6) is -1.01. The Morgan fingerprint density at radius 2 is 1.88 bits per heavy atom. The third-order valence-corrected chi connectivity index (χ3v) is 3.91. The Hall–Kier alpha value is -3.41. The van der Waals surface area contributed by atoms with Gasteiger partial charge in [-0.1, -0.05) is 42.5 Å². The zero-order valence-corrected chi connectivity index (χ0v) is 14.0. The lowest BCUT2D eigenvalue weighted by Gasteiger charge is -2.18. The fourth-order valence-electron chi connectivity index (χ4n) is 2.64. The molecule has 26 heavy (non-hydrogen) atoms. The minimum absolute atomic E-state index is 0.119. The van der Waals surface area contributed by atoms with E-state index >= 15 is 0 Å². The molecule has 0 bridgehead atoms. The minimum atomic E-state index is -1.01. The SMILES string of the molecule is O=C(O)C[C@@H](NC(=O)OCc1ccccc1)c1ccc2ncccc2c1. The van der Waals surface area contributed by atoms with Crippen molar-refractivity contribution in [3.05, 3.63) is 78.0 Å². The second-order valence-corrected chi connectivity index (χ2v) is 5.81. The van der Waals surface area contributed by atoms with Gasteiger partial charge < -0.3 is 15.2 Å². The standard InChI is InChI=1S/C20H18N2O4/c23-19(24)12-18(16-8-9-17-15(11-16)7-4-10-21-17)22-20(25)26-13-14-5-2-1-3-6-14/h1-11,18H,12-13H2,(H,22,25)(H,23,24)/t18-/m1/s1. The number of nitrogens with one attached hydrogen (secondary N) is 1. The van der Waals surface area contributed by atoms with Gasteiger partial charge in [-0.25, -0.2) is 4.79 Å². The van der Waals surface area contributed by atoms with Gasteiger partial charge in [0, 0.05) is 11.6 Å². The molecule has 1 amide bonds. The molecular formula is C20H18N2O4. The first kappa shape index (κ1) is 17.4. The van der Waals surface area contributed by atoms with Crippen LogP contribution in [0.25, 0.3) is 10.9 Å². The van der Waals surface area contributed by atoms with Gasteiger partial charge in [0.15, 0.2) is 0 Å². The van der Waals surface area contributed by atoms with Crippen LogP contribution in [0, 0.1) is 0 Å². The molecule has 0 spiro atoms. The average molecular weight is 350 g/mol. The smallest absolute Gasteiger partial charge is 0.407 e. The number of pyridine rings is 1. The van der Waals surface area contributed by atoms with Crippen molar-refractivity contribution in [2.75, 3.05) is 0 Å². The number of hydrogen-bond donors (Lipinski definition) is 2. The molecule has 6 nitrogen and oxygen atoms in total. The van der Waals surface area contributed by atoms with Crippen LogP contribution in [0.4, 0.5) is 4.79 Å². The van der Waals surface area contributed by atoms with E-state index in [1.165, 1.54) is 0 Å². The highest BCUT2D eigenvalue weighted by Gasteiger charge is 2.19. The largest absolute Gasteiger partial charge is 0.481 e. The molecule has 0 aliphatic heterocycles. The van der Waals surface area contributed by atoms with Crippen LogP contribution in [-0.2, 0) is 16.1 Å². The summed E-state index contributed by atoms with van der Waals surface area (Å²) in [6.45, 7) is 0.119. The van der Waals surface area contributed by atoms with Crippen molar-refractivity contribution in [3.63, 3.8) is 0 Å². The zero-order chi connectivity index (χ0) is 18.4. The summed E-state index contributed by atoms with van der Waals surface area (Å²) in [5, 5.41) is 12.7. The van der Waals surface area contributed by atoms with E-state index in [1.54, 1.807) is 24.4 Å². The van der Waals surface area contributed by atoms with Crippen LogP contribution in [0.5, 0.6) is 0 Å². The predicted molar refractivity (Wildman–Crippen MR) is 96.5 cm³/mol. The van der Waals surface area contributed by atoms with E-state index in [-0.39, 0.29) is 13.0 Å². The highest BCUT2D eigenvalue weighted by molar-refractivity contribution is 5.80. The summed E-state index contributed by atoms with van der Waals surface area (Å²) >= 11 is 0. The van der Waals surface area contributed by atoms with Gasteiger partial charge in [0.1, 0.15) is 6.61 Å². The van der Waals surface area contributed by atoms with Crippen molar-refractivity contribution in [1.82, 2.24) is 10.3 Å². The quantitative estimate of drug-likeness (QED) is 0.708. The third-order valence-electron chi connectivity index (χ3n) is 3.91. The number of amides is 1. The lowest BCUT2D eigenvalue weighted by Crippen LogP contribution is -2.30. The van der Waals surface area contributed by atoms with E-state index in [0.29, 0.717) is 5.56 Å². The maximum absolute atomic E-state index is 12.1. The maximum Gasteiger partial charge on any atom is 0.407 e. The number of aromatic nitrogens is 1. The van der Waals surface area contributed by atoms with Crippen molar-refractivity contribution in [3.8, 4) is 0 Å². The molecule has 0 aliphatic carbocycles. The Labute approximate surface area is 150 Å². The third kappa shape index (κ3) is 4.57. The number of hydrogen-bond acceptors (Lipinski definition) is 4. The Morgan fingerprint density at radius 3 is 2.65 bits per heavy atom. The van der Waals surface area contributed by atoms with Gasteiger partial charge in [-0.2, -0.15) is 0 Å². The summed E-state index contributed by atoms with van der Waals surface area (Å²) in [6, 6.07) is 17.7. The Morgan fingerprint density at radius 1 is 1.08 bits per heavy atom. The van der Waals surface area contributed by atoms with Gasteiger partial charge in [-0.3, -0.25) is 9.78 Å². The number of carbonyl (C=O) groups excluding carboxylic acids is 1. The predicted octanol–water partition coefficient (Wildman–Crippen LogP) is 3.68. The lowest BCUT2D eigenvalue weighted by molar-refractivity contribution is -0.137. The fourth-order valence-corrected chi connectivity index (χ4v) is 2.64. The van der Waals surface area contributed by atoms with Gasteiger partial charge in [0.25, 0.3) is 0 Å². The van der Waals surface area contributed by atoms with Crippen molar-refractivity contribution in [1.29, 1.82) is 0 Å². The summed E-state index contributed by atoms with van der Waals surface area (Å²) in [6.07, 6.45) is 0.786. The topological polar surface area (TPSA) is 88.5 Å². The number of carbonyl (C=O) groups is 2. The highest BCUT2D eigenvalue weighted by Crippen LogP contribution is 2.22. The second kappa shape index (κ2) is 8.11. The van der Waals surface area contributed by atoms with Gasteiger partial charge in [-0.05, 0) is 29.3 Å². The number of carboxylic acids is 1. The van der Waals surface area contributed by atoms with Crippen LogP contribution in [0.3, 0.4) is 0 Å². The van der Waals surface area contributed by atoms with Crippen LogP contribution in [-0.4, -0.2) is 22.2 Å². The first-order valence-corrected chi connectivity index (χ1v) is 8.15. The van der Waals surface area contributed by atoms with Gasteiger partial charge >= 0.3 is 12.1 Å². The molecule has 2 N–H and O–H groups in total. The Bertz CT molecular complexity index is 912. The van der Waals surface area contributed by atoms with E-state index in [1.807, 2.05) is 42.5 Å². The van der Waals surface area contributed by atoms with Gasteiger partial charge in [0.05, 0.1) is 18.0 Å². The highest BCUT2D eigenvalue weighted by atomic mass is 16.5. The summed E-state index contributed by atoms with van der Waals surface area (Å²) < 4.78 is 5.19. The van der Waals surface area contributed by atoms with Crippen molar-refractivity contribution in [2.24, 2.45) is 0 Å². The summed E-state index contributed by atoms with van der Waals surface area (Å²) in [4.78, 5) is 27.5. The molecule has 3 aromatic rings. The van der Waals surface area contributed by atoms with E-state index in [0.717, 1.165) is 16.5 Å². The first-order valence-electron chi connectivity index (χ1n) is 8.15. The maximum atomic E-state index is 12.1. The molecule has 132 valence electrons. The Kier molecular flexibility index (Phi) is 5.43. The molecule has 3 rings (SSSR count). The van der Waals surface area contributed by atoms with Crippen LogP contribution in [0.15, 0.2) is 66.9 Å². The number of fused-ring (bicyclic) bond motifs is 1. The van der Waals surface area contributed by atoms with Crippen molar-refractivity contribution in [2.45, 2.75) is 19.1 Å². The van der Waals surface area contributed by atoms with Gasteiger partial charge in [-0.15, -0.1) is 0 Å². The van der Waals surface area contributed by atoms with Gasteiger partial charge in [0.2, 0.25) is 0 Å². The summed E-state index contributed by atoms with van der Waals surface area (Å²) in [5.41, 5.74) is 2.34. The van der Waals surface area contributed by atoms with Crippen LogP contribution < -0.4 is 5.32 Å². The molecule has 6 heteroatoms. The Balaban J connectivity index is 1.72. The first-order chi connectivity index (χ1) is 12.6. The zero-order valence-electron chi connectivity index (χ0n) is 14.0. The second-order valence-electron chi connectivity index (χ2n) is 5.81. The number of aliphatic carboxylic acids is 1. The van der Waals surface area contributed by atoms with E-state index in [4.69, 9.17) is 4.74 Å². The number of benzene rings is 2. The molecule has 1 atom stereocenters. The molecule has 2 aromatic carbocycles. The molecule has 1 heterocycles.